The first-order valence-corrected chi connectivity index (χ1v) is 8.04. The second-order valence-electron chi connectivity index (χ2n) is 6.07. The van der Waals surface area contributed by atoms with Crippen molar-refractivity contribution < 1.29 is 14.1 Å². The quantitative estimate of drug-likeness (QED) is 0.826. The summed E-state index contributed by atoms with van der Waals surface area (Å²) >= 11 is 0. The smallest absolute Gasteiger partial charge is 0.314 e. The van der Waals surface area contributed by atoms with E-state index < -0.39 is 11.8 Å². The molecule has 0 fully saturated rings. The molecule has 0 bridgehead atoms. The molecule has 2 amide bonds. The molecule has 0 spiro atoms. The fourth-order valence-corrected chi connectivity index (χ4v) is 2.40. The van der Waals surface area contributed by atoms with Crippen molar-refractivity contribution in [3.05, 3.63) is 47.2 Å². The first kappa shape index (κ1) is 17.7. The number of amides is 2. The molecule has 0 aliphatic carbocycles. The van der Waals surface area contributed by atoms with Crippen LogP contribution in [0.5, 0.6) is 0 Å². The Morgan fingerprint density at radius 2 is 1.83 bits per heavy atom. The molecule has 0 aliphatic heterocycles. The van der Waals surface area contributed by atoms with Gasteiger partial charge in [0.05, 0.1) is 6.04 Å². The van der Waals surface area contributed by atoms with Crippen LogP contribution in [0.15, 0.2) is 34.9 Å². The highest BCUT2D eigenvalue weighted by Crippen LogP contribution is 2.22. The molecule has 1 aromatic carbocycles. The number of hydrogen-bond acceptors (Lipinski definition) is 4. The van der Waals surface area contributed by atoms with Gasteiger partial charge in [0.15, 0.2) is 5.82 Å². The lowest BCUT2D eigenvalue weighted by atomic mass is 9.95. The Hall–Kier alpha value is -2.63. The Balaban J connectivity index is 2.05. The van der Waals surface area contributed by atoms with Crippen molar-refractivity contribution in [2.75, 3.05) is 5.32 Å². The maximum atomic E-state index is 12.2. The number of anilines is 1. The number of aromatic nitrogens is 1. The van der Waals surface area contributed by atoms with Gasteiger partial charge in [-0.15, -0.1) is 0 Å². The van der Waals surface area contributed by atoms with Gasteiger partial charge in [0.2, 0.25) is 0 Å². The Kier molecular flexibility index (Phi) is 5.73. The zero-order chi connectivity index (χ0) is 17.7. The van der Waals surface area contributed by atoms with Crippen LogP contribution in [0.4, 0.5) is 5.82 Å². The molecule has 2 rings (SSSR count). The molecule has 1 atom stereocenters. The SMILES string of the molecule is CCc1ccc(C(NC(=O)C(=O)Nc2cc(C)on2)C(C)C)cc1. The summed E-state index contributed by atoms with van der Waals surface area (Å²) in [6.45, 7) is 7.79. The molecule has 0 saturated heterocycles. The van der Waals surface area contributed by atoms with Crippen molar-refractivity contribution in [3.63, 3.8) is 0 Å². The largest absolute Gasteiger partial charge is 0.360 e. The number of nitrogens with zero attached hydrogens (tertiary/aromatic N) is 1. The normalized spacial score (nSPS) is 12.0. The first-order valence-electron chi connectivity index (χ1n) is 8.04. The van der Waals surface area contributed by atoms with Crippen LogP contribution in [0.25, 0.3) is 0 Å². The van der Waals surface area contributed by atoms with E-state index in [1.54, 1.807) is 13.0 Å². The van der Waals surface area contributed by atoms with Crippen molar-refractivity contribution in [1.29, 1.82) is 0 Å². The van der Waals surface area contributed by atoms with Gasteiger partial charge < -0.3 is 9.84 Å². The monoisotopic (exact) mass is 329 g/mol. The van der Waals surface area contributed by atoms with E-state index in [1.807, 2.05) is 38.1 Å². The molecule has 6 nitrogen and oxygen atoms in total. The van der Waals surface area contributed by atoms with E-state index in [9.17, 15) is 9.59 Å². The number of carbonyl (C=O) groups is 2. The molecule has 0 saturated carbocycles. The molecule has 0 radical (unpaired) electrons. The Labute approximate surface area is 141 Å². The molecule has 2 N–H and O–H groups in total. The maximum absolute atomic E-state index is 12.2. The lowest BCUT2D eigenvalue weighted by molar-refractivity contribution is -0.136. The lowest BCUT2D eigenvalue weighted by Gasteiger charge is -2.22. The third kappa shape index (κ3) is 4.44. The Bertz CT molecular complexity index is 705. The molecule has 24 heavy (non-hydrogen) atoms. The van der Waals surface area contributed by atoms with E-state index in [1.165, 1.54) is 5.56 Å². The summed E-state index contributed by atoms with van der Waals surface area (Å²) < 4.78 is 4.86. The number of aryl methyl sites for hydroxylation is 2. The van der Waals surface area contributed by atoms with Crippen LogP contribution >= 0.6 is 0 Å². The van der Waals surface area contributed by atoms with E-state index in [0.29, 0.717) is 5.76 Å². The van der Waals surface area contributed by atoms with Crippen molar-refractivity contribution in [2.24, 2.45) is 5.92 Å². The van der Waals surface area contributed by atoms with Crippen LogP contribution in [0.1, 0.15) is 43.7 Å². The van der Waals surface area contributed by atoms with Crippen molar-refractivity contribution in [2.45, 2.75) is 40.2 Å². The van der Waals surface area contributed by atoms with E-state index in [4.69, 9.17) is 4.52 Å². The highest BCUT2D eigenvalue weighted by molar-refractivity contribution is 6.39. The van der Waals surface area contributed by atoms with Crippen LogP contribution in [0.3, 0.4) is 0 Å². The van der Waals surface area contributed by atoms with E-state index >= 15 is 0 Å². The molecular formula is C18H23N3O3. The minimum Gasteiger partial charge on any atom is -0.360 e. The van der Waals surface area contributed by atoms with Gasteiger partial charge in [0.1, 0.15) is 5.76 Å². The summed E-state index contributed by atoms with van der Waals surface area (Å²) in [5, 5.41) is 8.85. The van der Waals surface area contributed by atoms with Crippen molar-refractivity contribution in [1.82, 2.24) is 10.5 Å². The highest BCUT2D eigenvalue weighted by atomic mass is 16.5. The van der Waals surface area contributed by atoms with Gasteiger partial charge in [-0.2, -0.15) is 0 Å². The fourth-order valence-electron chi connectivity index (χ4n) is 2.40. The summed E-state index contributed by atoms with van der Waals surface area (Å²) in [4.78, 5) is 24.2. The molecule has 1 heterocycles. The third-order valence-electron chi connectivity index (χ3n) is 3.78. The van der Waals surface area contributed by atoms with Gasteiger partial charge in [0, 0.05) is 6.07 Å². The Morgan fingerprint density at radius 1 is 1.17 bits per heavy atom. The second kappa shape index (κ2) is 7.77. The van der Waals surface area contributed by atoms with Crippen LogP contribution in [0, 0.1) is 12.8 Å². The van der Waals surface area contributed by atoms with Crippen LogP contribution < -0.4 is 10.6 Å². The maximum Gasteiger partial charge on any atom is 0.314 e. The minimum atomic E-state index is -0.765. The van der Waals surface area contributed by atoms with Crippen LogP contribution in [-0.4, -0.2) is 17.0 Å². The van der Waals surface area contributed by atoms with Gasteiger partial charge >= 0.3 is 11.8 Å². The average molecular weight is 329 g/mol. The van der Waals surface area contributed by atoms with Gasteiger partial charge in [0.25, 0.3) is 0 Å². The molecule has 0 aliphatic rings. The zero-order valence-electron chi connectivity index (χ0n) is 14.4. The summed E-state index contributed by atoms with van der Waals surface area (Å²) in [6.07, 6.45) is 0.957. The molecule has 128 valence electrons. The first-order chi connectivity index (χ1) is 11.4. The summed E-state index contributed by atoms with van der Waals surface area (Å²) in [6, 6.07) is 9.36. The predicted octanol–water partition coefficient (Wildman–Crippen LogP) is 3.00. The predicted molar refractivity (Wildman–Crippen MR) is 91.4 cm³/mol. The zero-order valence-corrected chi connectivity index (χ0v) is 14.4. The fraction of sp³-hybridized carbons (Fsp3) is 0.389. The van der Waals surface area contributed by atoms with E-state index in [0.717, 1.165) is 12.0 Å². The standard InChI is InChI=1S/C18H23N3O3/c1-5-13-6-8-14(9-7-13)16(11(2)3)20-18(23)17(22)19-15-10-12(4)24-21-15/h6-11,16H,5H2,1-4H3,(H,20,23)(H,19,21,22). The van der Waals surface area contributed by atoms with Gasteiger partial charge in [-0.05, 0) is 30.4 Å². The van der Waals surface area contributed by atoms with Crippen molar-refractivity contribution in [3.8, 4) is 0 Å². The van der Waals surface area contributed by atoms with Crippen LogP contribution in [-0.2, 0) is 16.0 Å². The van der Waals surface area contributed by atoms with Crippen molar-refractivity contribution >= 4 is 17.6 Å². The molecule has 6 heteroatoms. The highest BCUT2D eigenvalue weighted by Gasteiger charge is 2.23. The molecular weight excluding hydrogens is 306 g/mol. The van der Waals surface area contributed by atoms with Gasteiger partial charge in [-0.3, -0.25) is 14.9 Å². The minimum absolute atomic E-state index is 0.142. The average Bonchev–Trinajstić information content (AvgIpc) is 2.97. The third-order valence-corrected chi connectivity index (χ3v) is 3.78. The lowest BCUT2D eigenvalue weighted by Crippen LogP contribution is -2.39. The summed E-state index contributed by atoms with van der Waals surface area (Å²) in [7, 11) is 0. The number of hydrogen-bond donors (Lipinski definition) is 2. The second-order valence-corrected chi connectivity index (χ2v) is 6.07. The molecule has 1 aromatic heterocycles. The molecule has 1 unspecified atom stereocenters. The topological polar surface area (TPSA) is 84.2 Å². The van der Waals surface area contributed by atoms with Gasteiger partial charge in [-0.1, -0.05) is 50.2 Å². The number of rotatable bonds is 5. The summed E-state index contributed by atoms with van der Waals surface area (Å²) in [5.41, 5.74) is 2.20. The van der Waals surface area contributed by atoms with Gasteiger partial charge in [-0.25, -0.2) is 0 Å². The Morgan fingerprint density at radius 3 is 2.33 bits per heavy atom. The van der Waals surface area contributed by atoms with E-state index in [2.05, 4.69) is 22.7 Å². The number of benzene rings is 1. The number of carbonyl (C=O) groups excluding carboxylic acids is 2. The van der Waals surface area contributed by atoms with Crippen LogP contribution in [0.2, 0.25) is 0 Å². The number of nitrogens with one attached hydrogen (secondary N) is 2. The molecule has 2 aromatic rings. The van der Waals surface area contributed by atoms with E-state index in [-0.39, 0.29) is 17.8 Å². The summed E-state index contributed by atoms with van der Waals surface area (Å²) in [5.74, 6) is -0.542.